The Kier molecular flexibility index (Phi) is 4.71. The van der Waals surface area contributed by atoms with Crippen LogP contribution in [0.5, 0.6) is 0 Å². The van der Waals surface area contributed by atoms with Crippen molar-refractivity contribution in [1.82, 2.24) is 20.4 Å². The van der Waals surface area contributed by atoms with Crippen molar-refractivity contribution in [1.29, 1.82) is 0 Å². The molecule has 19 heavy (non-hydrogen) atoms. The van der Waals surface area contributed by atoms with E-state index in [1.165, 1.54) is 16.7 Å². The molecule has 0 saturated heterocycles. The van der Waals surface area contributed by atoms with Gasteiger partial charge in [0.1, 0.15) is 0 Å². The van der Waals surface area contributed by atoms with Gasteiger partial charge in [0, 0.05) is 25.2 Å². The Morgan fingerprint density at radius 1 is 1.21 bits per heavy atom. The van der Waals surface area contributed by atoms with Gasteiger partial charge in [-0.2, -0.15) is 5.10 Å². The molecular weight excluding hydrogens is 236 g/mol. The fourth-order valence-corrected chi connectivity index (χ4v) is 1.94. The lowest BCUT2D eigenvalue weighted by Gasteiger charge is -2.10. The lowest BCUT2D eigenvalue weighted by Crippen LogP contribution is -2.26. The molecule has 0 spiro atoms. The summed E-state index contributed by atoms with van der Waals surface area (Å²) >= 11 is 0. The van der Waals surface area contributed by atoms with E-state index < -0.39 is 0 Å². The summed E-state index contributed by atoms with van der Waals surface area (Å²) in [7, 11) is 4.16. The monoisotopic (exact) mass is 258 g/mol. The molecular formula is C15H22N4. The molecule has 0 amide bonds. The highest BCUT2D eigenvalue weighted by Gasteiger charge is 2.06. The number of hydrogen-bond donors (Lipinski definition) is 2. The Labute approximate surface area is 114 Å². The van der Waals surface area contributed by atoms with Crippen LogP contribution in [0.4, 0.5) is 0 Å². The van der Waals surface area contributed by atoms with Crippen molar-refractivity contribution < 1.29 is 0 Å². The summed E-state index contributed by atoms with van der Waals surface area (Å²) in [4.78, 5) is 2.17. The quantitative estimate of drug-likeness (QED) is 0.779. The van der Waals surface area contributed by atoms with Crippen molar-refractivity contribution in [3.63, 3.8) is 0 Å². The number of nitrogens with zero attached hydrogens (tertiary/aromatic N) is 2. The van der Waals surface area contributed by atoms with E-state index in [4.69, 9.17) is 0 Å². The Morgan fingerprint density at radius 2 is 1.95 bits per heavy atom. The van der Waals surface area contributed by atoms with Gasteiger partial charge in [-0.05, 0) is 26.6 Å². The van der Waals surface area contributed by atoms with Crippen LogP contribution in [0.2, 0.25) is 0 Å². The molecule has 0 unspecified atom stereocenters. The maximum Gasteiger partial charge on any atom is 0.0695 e. The van der Waals surface area contributed by atoms with Gasteiger partial charge in [-0.25, -0.2) is 0 Å². The van der Waals surface area contributed by atoms with Gasteiger partial charge in [0.2, 0.25) is 0 Å². The standard InChI is InChI=1S/C15H22N4/c1-12-4-6-13(7-5-12)15-14(11-17-18-15)10-16-8-9-19(2)3/h4-7,11,16H,8-10H2,1-3H3,(H,17,18). The van der Waals surface area contributed by atoms with E-state index in [-0.39, 0.29) is 0 Å². The fourth-order valence-electron chi connectivity index (χ4n) is 1.94. The van der Waals surface area contributed by atoms with Gasteiger partial charge < -0.3 is 10.2 Å². The summed E-state index contributed by atoms with van der Waals surface area (Å²) in [5.41, 5.74) is 4.78. The van der Waals surface area contributed by atoms with E-state index in [2.05, 4.69) is 65.7 Å². The summed E-state index contributed by atoms with van der Waals surface area (Å²) in [5, 5.41) is 10.7. The van der Waals surface area contributed by atoms with Crippen LogP contribution in [0.25, 0.3) is 11.3 Å². The number of aromatic amines is 1. The van der Waals surface area contributed by atoms with Crippen LogP contribution in [0, 0.1) is 6.92 Å². The highest BCUT2D eigenvalue weighted by molar-refractivity contribution is 5.62. The first kappa shape index (κ1) is 13.8. The first-order valence-electron chi connectivity index (χ1n) is 6.61. The minimum absolute atomic E-state index is 0.841. The third-order valence-corrected chi connectivity index (χ3v) is 3.11. The maximum atomic E-state index is 4.16. The number of H-pyrrole nitrogens is 1. The minimum atomic E-state index is 0.841. The zero-order chi connectivity index (χ0) is 13.7. The Balaban J connectivity index is 1.99. The molecule has 1 aromatic carbocycles. The number of rotatable bonds is 6. The largest absolute Gasteiger partial charge is 0.311 e. The molecule has 0 aliphatic carbocycles. The number of benzene rings is 1. The second-order valence-corrected chi connectivity index (χ2v) is 5.12. The van der Waals surface area contributed by atoms with E-state index in [0.717, 1.165) is 25.3 Å². The lowest BCUT2D eigenvalue weighted by atomic mass is 10.1. The number of hydrogen-bond acceptors (Lipinski definition) is 3. The van der Waals surface area contributed by atoms with Gasteiger partial charge in [0.05, 0.1) is 11.9 Å². The minimum Gasteiger partial charge on any atom is -0.311 e. The molecule has 0 saturated carbocycles. The van der Waals surface area contributed by atoms with E-state index in [1.807, 2.05) is 6.20 Å². The Bertz CT molecular complexity index is 499. The molecule has 0 bridgehead atoms. The number of aromatic nitrogens is 2. The van der Waals surface area contributed by atoms with Crippen LogP contribution in [-0.4, -0.2) is 42.3 Å². The molecule has 0 aliphatic rings. The predicted molar refractivity (Wildman–Crippen MR) is 79.0 cm³/mol. The van der Waals surface area contributed by atoms with Crippen LogP contribution >= 0.6 is 0 Å². The average molecular weight is 258 g/mol. The predicted octanol–water partition coefficient (Wildman–Crippen LogP) is 2.04. The molecule has 1 aromatic heterocycles. The van der Waals surface area contributed by atoms with E-state index in [0.29, 0.717) is 0 Å². The van der Waals surface area contributed by atoms with E-state index >= 15 is 0 Å². The summed E-state index contributed by atoms with van der Waals surface area (Å²) in [5.74, 6) is 0. The molecule has 1 heterocycles. The molecule has 102 valence electrons. The normalized spacial score (nSPS) is 11.2. The topological polar surface area (TPSA) is 44.0 Å². The second kappa shape index (κ2) is 6.50. The highest BCUT2D eigenvalue weighted by atomic mass is 15.1. The maximum absolute atomic E-state index is 4.16. The average Bonchev–Trinajstić information content (AvgIpc) is 2.84. The van der Waals surface area contributed by atoms with Crippen molar-refractivity contribution in [2.24, 2.45) is 0 Å². The molecule has 0 radical (unpaired) electrons. The van der Waals surface area contributed by atoms with Gasteiger partial charge in [-0.15, -0.1) is 0 Å². The van der Waals surface area contributed by atoms with Crippen molar-refractivity contribution in [3.05, 3.63) is 41.6 Å². The third kappa shape index (κ3) is 3.91. The first-order chi connectivity index (χ1) is 9.16. The Hall–Kier alpha value is -1.65. The molecule has 0 atom stereocenters. The van der Waals surface area contributed by atoms with Crippen molar-refractivity contribution in [2.75, 3.05) is 27.2 Å². The summed E-state index contributed by atoms with van der Waals surface area (Å²) in [6.07, 6.45) is 1.90. The summed E-state index contributed by atoms with van der Waals surface area (Å²) < 4.78 is 0. The molecule has 4 heteroatoms. The summed E-state index contributed by atoms with van der Waals surface area (Å²) in [6, 6.07) is 8.51. The summed E-state index contributed by atoms with van der Waals surface area (Å²) in [6.45, 7) is 4.96. The van der Waals surface area contributed by atoms with Gasteiger partial charge in [0.25, 0.3) is 0 Å². The third-order valence-electron chi connectivity index (χ3n) is 3.11. The van der Waals surface area contributed by atoms with Crippen LogP contribution in [0.3, 0.4) is 0 Å². The molecule has 2 aromatic rings. The lowest BCUT2D eigenvalue weighted by molar-refractivity contribution is 0.400. The molecule has 0 fully saturated rings. The van der Waals surface area contributed by atoms with Crippen LogP contribution in [0.1, 0.15) is 11.1 Å². The SMILES string of the molecule is Cc1ccc(-c2[nH]ncc2CNCCN(C)C)cc1. The molecule has 0 aliphatic heterocycles. The fraction of sp³-hybridized carbons (Fsp3) is 0.400. The Morgan fingerprint density at radius 3 is 2.63 bits per heavy atom. The van der Waals surface area contributed by atoms with E-state index in [9.17, 15) is 0 Å². The van der Waals surface area contributed by atoms with Gasteiger partial charge in [0.15, 0.2) is 0 Å². The van der Waals surface area contributed by atoms with Crippen LogP contribution in [-0.2, 0) is 6.54 Å². The highest BCUT2D eigenvalue weighted by Crippen LogP contribution is 2.21. The zero-order valence-electron chi connectivity index (χ0n) is 11.9. The zero-order valence-corrected chi connectivity index (χ0v) is 11.9. The van der Waals surface area contributed by atoms with Crippen LogP contribution in [0.15, 0.2) is 30.5 Å². The van der Waals surface area contributed by atoms with Crippen molar-refractivity contribution in [3.8, 4) is 11.3 Å². The second-order valence-electron chi connectivity index (χ2n) is 5.12. The van der Waals surface area contributed by atoms with Crippen LogP contribution < -0.4 is 5.32 Å². The number of likely N-dealkylation sites (N-methyl/N-ethyl adjacent to an activating group) is 1. The van der Waals surface area contributed by atoms with Crippen molar-refractivity contribution in [2.45, 2.75) is 13.5 Å². The van der Waals surface area contributed by atoms with Gasteiger partial charge in [-0.1, -0.05) is 29.8 Å². The van der Waals surface area contributed by atoms with Crippen molar-refractivity contribution >= 4 is 0 Å². The van der Waals surface area contributed by atoms with E-state index in [1.54, 1.807) is 0 Å². The molecule has 2 rings (SSSR count). The van der Waals surface area contributed by atoms with Gasteiger partial charge in [-0.3, -0.25) is 5.10 Å². The number of aryl methyl sites for hydroxylation is 1. The number of nitrogens with one attached hydrogen (secondary N) is 2. The first-order valence-corrected chi connectivity index (χ1v) is 6.61. The van der Waals surface area contributed by atoms with Gasteiger partial charge >= 0.3 is 0 Å². The molecule has 4 nitrogen and oxygen atoms in total. The smallest absolute Gasteiger partial charge is 0.0695 e. The molecule has 2 N–H and O–H groups in total.